The van der Waals surface area contributed by atoms with Gasteiger partial charge in [-0.1, -0.05) is 53.7 Å². The lowest BCUT2D eigenvalue weighted by Gasteiger charge is -2.31. The van der Waals surface area contributed by atoms with Crippen LogP contribution in [0.25, 0.3) is 22.6 Å². The summed E-state index contributed by atoms with van der Waals surface area (Å²) in [5, 5.41) is 5.01. The number of furan rings is 1. The third-order valence-electron chi connectivity index (χ3n) is 5.92. The molecule has 1 aliphatic heterocycles. The van der Waals surface area contributed by atoms with Crippen LogP contribution in [0.4, 0.5) is 0 Å². The van der Waals surface area contributed by atoms with E-state index in [9.17, 15) is 4.79 Å². The van der Waals surface area contributed by atoms with E-state index >= 15 is 0 Å². The molecule has 0 radical (unpaired) electrons. The first-order chi connectivity index (χ1) is 14.7. The predicted molar refractivity (Wildman–Crippen MR) is 113 cm³/mol. The molecule has 2 aromatic heterocycles. The number of amides is 1. The summed E-state index contributed by atoms with van der Waals surface area (Å²) in [6, 6.07) is 18.3. The molecule has 0 saturated carbocycles. The minimum atomic E-state index is -0.208. The van der Waals surface area contributed by atoms with Crippen LogP contribution in [0.1, 0.15) is 34.7 Å². The van der Waals surface area contributed by atoms with Crippen LogP contribution >= 0.6 is 0 Å². The lowest BCUT2D eigenvalue weighted by molar-refractivity contribution is 0.0640. The number of hydrogen-bond acceptors (Lipinski definition) is 5. The zero-order valence-electron chi connectivity index (χ0n) is 16.9. The Balaban J connectivity index is 1.26. The molecule has 4 aromatic rings. The average Bonchev–Trinajstić information content (AvgIpc) is 3.40. The second-order valence-electron chi connectivity index (χ2n) is 7.90. The quantitative estimate of drug-likeness (QED) is 0.487. The molecule has 6 heteroatoms. The van der Waals surface area contributed by atoms with Gasteiger partial charge in [0.05, 0.1) is 0 Å². The van der Waals surface area contributed by atoms with Gasteiger partial charge in [-0.25, -0.2) is 0 Å². The van der Waals surface area contributed by atoms with E-state index in [0.717, 1.165) is 35.8 Å². The highest BCUT2D eigenvalue weighted by molar-refractivity contribution is 5.90. The minimum absolute atomic E-state index is 0.0198. The summed E-state index contributed by atoms with van der Waals surface area (Å²) in [6.07, 6.45) is 3.01. The molecule has 30 heavy (non-hydrogen) atoms. The van der Waals surface area contributed by atoms with Crippen molar-refractivity contribution in [3.8, 4) is 11.6 Å². The summed E-state index contributed by atoms with van der Waals surface area (Å²) >= 11 is 0. The van der Waals surface area contributed by atoms with Crippen LogP contribution in [-0.2, 0) is 6.42 Å². The van der Waals surface area contributed by atoms with E-state index in [4.69, 9.17) is 8.94 Å². The van der Waals surface area contributed by atoms with Gasteiger partial charge in [0.1, 0.15) is 5.58 Å². The third kappa shape index (κ3) is 3.49. The Morgan fingerprint density at radius 1 is 1.07 bits per heavy atom. The first-order valence-electron chi connectivity index (χ1n) is 10.3. The number of nitrogens with zero attached hydrogens (tertiary/aromatic N) is 3. The molecule has 3 heterocycles. The molecule has 0 aliphatic carbocycles. The standard InChI is InChI=1S/C24H23N3O3/c1-16-19-9-5-6-10-20(19)29-21(16)22-25-23(30-26-22)24(28)27-13-11-18(12-14-27)15-17-7-3-2-4-8-17/h2-10,18H,11-15H2,1H3. The molecule has 1 aliphatic rings. The molecular formula is C24H23N3O3. The molecule has 1 amide bonds. The number of fused-ring (bicyclic) bond motifs is 1. The van der Waals surface area contributed by atoms with Crippen molar-refractivity contribution in [2.45, 2.75) is 26.2 Å². The Bertz CT molecular complexity index is 1170. The van der Waals surface area contributed by atoms with Crippen molar-refractivity contribution in [1.29, 1.82) is 0 Å². The first kappa shape index (κ1) is 18.6. The fourth-order valence-corrected chi connectivity index (χ4v) is 4.21. The van der Waals surface area contributed by atoms with Gasteiger partial charge in [-0.15, -0.1) is 0 Å². The summed E-state index contributed by atoms with van der Waals surface area (Å²) in [7, 11) is 0. The number of para-hydroxylation sites is 1. The van der Waals surface area contributed by atoms with E-state index in [1.165, 1.54) is 5.56 Å². The maximum Gasteiger partial charge on any atom is 0.316 e. The molecular weight excluding hydrogens is 378 g/mol. The monoisotopic (exact) mass is 401 g/mol. The summed E-state index contributed by atoms with van der Waals surface area (Å²) < 4.78 is 11.2. The van der Waals surface area contributed by atoms with E-state index in [1.54, 1.807) is 0 Å². The van der Waals surface area contributed by atoms with Crippen molar-refractivity contribution in [2.24, 2.45) is 5.92 Å². The Kier molecular flexibility index (Phi) is 4.83. The van der Waals surface area contributed by atoms with Gasteiger partial charge in [0, 0.05) is 24.0 Å². The van der Waals surface area contributed by atoms with Gasteiger partial charge in [-0.05, 0) is 43.7 Å². The van der Waals surface area contributed by atoms with Crippen LogP contribution in [0.2, 0.25) is 0 Å². The highest BCUT2D eigenvalue weighted by Crippen LogP contribution is 2.31. The largest absolute Gasteiger partial charge is 0.452 e. The predicted octanol–water partition coefficient (Wildman–Crippen LogP) is 4.89. The maximum absolute atomic E-state index is 12.9. The Morgan fingerprint density at radius 3 is 2.57 bits per heavy atom. The third-order valence-corrected chi connectivity index (χ3v) is 5.92. The van der Waals surface area contributed by atoms with Gasteiger partial charge in [0.15, 0.2) is 5.76 Å². The molecule has 1 fully saturated rings. The molecule has 0 N–H and O–H groups in total. The number of carbonyl (C=O) groups is 1. The smallest absolute Gasteiger partial charge is 0.316 e. The average molecular weight is 401 g/mol. The minimum Gasteiger partial charge on any atom is -0.452 e. The van der Waals surface area contributed by atoms with Crippen LogP contribution in [-0.4, -0.2) is 34.0 Å². The summed E-state index contributed by atoms with van der Waals surface area (Å²) in [5.41, 5.74) is 3.06. The number of likely N-dealkylation sites (tertiary alicyclic amines) is 1. The number of aromatic nitrogens is 2. The zero-order valence-corrected chi connectivity index (χ0v) is 16.9. The Hall–Kier alpha value is -3.41. The number of benzene rings is 2. The zero-order chi connectivity index (χ0) is 20.5. The van der Waals surface area contributed by atoms with Gasteiger partial charge >= 0.3 is 11.8 Å². The van der Waals surface area contributed by atoms with Crippen LogP contribution in [0, 0.1) is 12.8 Å². The van der Waals surface area contributed by atoms with E-state index in [-0.39, 0.29) is 11.8 Å². The van der Waals surface area contributed by atoms with Crippen LogP contribution < -0.4 is 0 Å². The molecule has 0 atom stereocenters. The second-order valence-corrected chi connectivity index (χ2v) is 7.90. The molecule has 0 spiro atoms. The van der Waals surface area contributed by atoms with E-state index in [1.807, 2.05) is 42.2 Å². The lowest BCUT2D eigenvalue weighted by Crippen LogP contribution is -2.39. The van der Waals surface area contributed by atoms with Crippen molar-refractivity contribution < 1.29 is 13.7 Å². The van der Waals surface area contributed by atoms with Gasteiger partial charge in [-0.2, -0.15) is 4.98 Å². The van der Waals surface area contributed by atoms with Crippen molar-refractivity contribution >= 4 is 16.9 Å². The number of rotatable bonds is 4. The number of piperidine rings is 1. The first-order valence-corrected chi connectivity index (χ1v) is 10.3. The Morgan fingerprint density at radius 2 is 1.80 bits per heavy atom. The molecule has 0 bridgehead atoms. The van der Waals surface area contributed by atoms with E-state index < -0.39 is 0 Å². The summed E-state index contributed by atoms with van der Waals surface area (Å²) in [5.74, 6) is 1.26. The van der Waals surface area contributed by atoms with Crippen molar-refractivity contribution in [3.63, 3.8) is 0 Å². The normalized spacial score (nSPS) is 15.0. The van der Waals surface area contributed by atoms with Gasteiger partial charge in [0.2, 0.25) is 5.82 Å². The topological polar surface area (TPSA) is 72.4 Å². The van der Waals surface area contributed by atoms with Crippen LogP contribution in [0.3, 0.4) is 0 Å². The maximum atomic E-state index is 12.9. The molecule has 5 rings (SSSR count). The molecule has 0 unspecified atom stereocenters. The summed E-state index contributed by atoms with van der Waals surface area (Å²) in [4.78, 5) is 19.0. The number of carbonyl (C=O) groups excluding carboxylic acids is 1. The van der Waals surface area contributed by atoms with Gasteiger partial charge in [0.25, 0.3) is 0 Å². The van der Waals surface area contributed by atoms with Crippen LogP contribution in [0.15, 0.2) is 63.5 Å². The molecule has 6 nitrogen and oxygen atoms in total. The van der Waals surface area contributed by atoms with Crippen molar-refractivity contribution in [2.75, 3.05) is 13.1 Å². The summed E-state index contributed by atoms with van der Waals surface area (Å²) in [6.45, 7) is 3.37. The SMILES string of the molecule is Cc1c(-c2noc(C(=O)N3CCC(Cc4ccccc4)CC3)n2)oc2ccccc12. The molecule has 152 valence electrons. The van der Waals surface area contributed by atoms with Gasteiger partial charge < -0.3 is 13.8 Å². The second kappa shape index (κ2) is 7.78. The van der Waals surface area contributed by atoms with E-state index in [0.29, 0.717) is 30.6 Å². The van der Waals surface area contributed by atoms with E-state index in [2.05, 4.69) is 34.4 Å². The fraction of sp³-hybridized carbons (Fsp3) is 0.292. The van der Waals surface area contributed by atoms with Crippen molar-refractivity contribution in [3.05, 3.63) is 71.6 Å². The van der Waals surface area contributed by atoms with Crippen LogP contribution in [0.5, 0.6) is 0 Å². The number of aryl methyl sites for hydroxylation is 1. The molecule has 2 aromatic carbocycles. The lowest BCUT2D eigenvalue weighted by atomic mass is 9.90. The highest BCUT2D eigenvalue weighted by atomic mass is 16.5. The van der Waals surface area contributed by atoms with Gasteiger partial charge in [-0.3, -0.25) is 4.79 Å². The molecule has 1 saturated heterocycles. The fourth-order valence-electron chi connectivity index (χ4n) is 4.21. The Labute approximate surface area is 174 Å². The highest BCUT2D eigenvalue weighted by Gasteiger charge is 2.28. The number of hydrogen-bond donors (Lipinski definition) is 0. The van der Waals surface area contributed by atoms with Crippen molar-refractivity contribution in [1.82, 2.24) is 15.0 Å².